The number of nitrogens with two attached hydrogens (primary N) is 1. The minimum Gasteiger partial charge on any atom is -0.497 e. The van der Waals surface area contributed by atoms with Gasteiger partial charge in [-0.3, -0.25) is 4.79 Å². The molecule has 1 unspecified atom stereocenters. The van der Waals surface area contributed by atoms with E-state index < -0.39 is 5.97 Å². The lowest BCUT2D eigenvalue weighted by Gasteiger charge is -2.24. The van der Waals surface area contributed by atoms with Crippen molar-refractivity contribution in [3.8, 4) is 5.75 Å². The molecule has 2 atom stereocenters. The largest absolute Gasteiger partial charge is 0.497 e. The molecule has 1 heterocycles. The minimum absolute atomic E-state index is 0.0478. The Morgan fingerprint density at radius 1 is 1.17 bits per heavy atom. The first-order chi connectivity index (χ1) is 14.1. The Balaban J connectivity index is 1.64. The highest BCUT2D eigenvalue weighted by atomic mass is 16.5. The molecule has 2 aromatic carbocycles. The summed E-state index contributed by atoms with van der Waals surface area (Å²) in [5.74, 6) is 0.0239. The number of fused-ring (bicyclic) bond motifs is 1. The number of rotatable bonds is 11. The fourth-order valence-corrected chi connectivity index (χ4v) is 3.70. The number of aromatic amines is 1. The average molecular weight is 396 g/mol. The lowest BCUT2D eigenvalue weighted by Crippen LogP contribution is -2.45. The fourth-order valence-electron chi connectivity index (χ4n) is 3.70. The first-order valence-electron chi connectivity index (χ1n) is 9.95. The number of para-hydroxylation sites is 1. The van der Waals surface area contributed by atoms with Gasteiger partial charge in [0.25, 0.3) is 0 Å². The Morgan fingerprint density at radius 3 is 2.62 bits per heavy atom. The zero-order valence-corrected chi connectivity index (χ0v) is 16.7. The summed E-state index contributed by atoms with van der Waals surface area (Å²) in [7, 11) is 1.65. The number of aromatic nitrogens is 1. The van der Waals surface area contributed by atoms with Gasteiger partial charge in [-0.2, -0.15) is 0 Å². The monoisotopic (exact) mass is 395 g/mol. The van der Waals surface area contributed by atoms with E-state index >= 15 is 0 Å². The number of aryl methyl sites for hydroxylation is 1. The fraction of sp³-hybridized carbons (Fsp3) is 0.348. The van der Waals surface area contributed by atoms with Crippen molar-refractivity contribution in [2.45, 2.75) is 37.8 Å². The van der Waals surface area contributed by atoms with E-state index in [4.69, 9.17) is 10.5 Å². The predicted octanol–water partition coefficient (Wildman–Crippen LogP) is 3.11. The number of hydrogen-bond donors (Lipinski definition) is 4. The third kappa shape index (κ3) is 5.82. The van der Waals surface area contributed by atoms with Crippen LogP contribution in [0.1, 0.15) is 24.0 Å². The number of ether oxygens (including phenoxy) is 1. The van der Waals surface area contributed by atoms with Crippen molar-refractivity contribution < 1.29 is 14.6 Å². The van der Waals surface area contributed by atoms with E-state index in [0.717, 1.165) is 35.1 Å². The summed E-state index contributed by atoms with van der Waals surface area (Å²) in [5, 5.41) is 14.0. The summed E-state index contributed by atoms with van der Waals surface area (Å²) in [6, 6.07) is 15.9. The molecule has 0 saturated heterocycles. The Hall–Kier alpha value is -2.83. The highest BCUT2D eigenvalue weighted by Crippen LogP contribution is 2.20. The van der Waals surface area contributed by atoms with Crippen LogP contribution >= 0.6 is 0 Å². The van der Waals surface area contributed by atoms with Crippen LogP contribution < -0.4 is 15.8 Å². The number of nitrogens with one attached hydrogen (secondary N) is 2. The number of carboxylic acids is 1. The van der Waals surface area contributed by atoms with Gasteiger partial charge in [-0.1, -0.05) is 30.3 Å². The van der Waals surface area contributed by atoms with E-state index in [1.807, 2.05) is 48.7 Å². The molecule has 0 aliphatic heterocycles. The van der Waals surface area contributed by atoms with Gasteiger partial charge >= 0.3 is 5.97 Å². The number of carbonyl (C=O) groups is 1. The van der Waals surface area contributed by atoms with Crippen molar-refractivity contribution in [1.82, 2.24) is 10.3 Å². The number of H-pyrrole nitrogens is 1. The van der Waals surface area contributed by atoms with E-state index in [0.29, 0.717) is 13.0 Å². The molecule has 3 aromatic rings. The molecular formula is C23H29N3O3. The van der Waals surface area contributed by atoms with Gasteiger partial charge in [-0.05, 0) is 48.6 Å². The topological polar surface area (TPSA) is 100 Å². The first-order valence-corrected chi connectivity index (χ1v) is 9.95. The quantitative estimate of drug-likeness (QED) is 0.400. The van der Waals surface area contributed by atoms with Crippen LogP contribution in [0.15, 0.2) is 54.7 Å². The van der Waals surface area contributed by atoms with Gasteiger partial charge in [0, 0.05) is 35.7 Å². The second-order valence-electron chi connectivity index (χ2n) is 7.34. The Bertz CT molecular complexity index is 921. The number of aliphatic carboxylic acids is 1. The van der Waals surface area contributed by atoms with Crippen molar-refractivity contribution in [3.05, 3.63) is 65.9 Å². The lowest BCUT2D eigenvalue weighted by atomic mass is 9.99. The second kappa shape index (κ2) is 10.1. The maximum atomic E-state index is 11.4. The Labute approximate surface area is 171 Å². The smallest absolute Gasteiger partial charge is 0.304 e. The van der Waals surface area contributed by atoms with Crippen molar-refractivity contribution in [1.29, 1.82) is 0 Å². The minimum atomic E-state index is -0.812. The van der Waals surface area contributed by atoms with Gasteiger partial charge in [0.2, 0.25) is 0 Å². The zero-order valence-electron chi connectivity index (χ0n) is 16.7. The molecule has 1 aromatic heterocycles. The van der Waals surface area contributed by atoms with Crippen LogP contribution in [0.25, 0.3) is 10.9 Å². The van der Waals surface area contributed by atoms with Crippen molar-refractivity contribution in [2.75, 3.05) is 13.7 Å². The Morgan fingerprint density at radius 2 is 1.93 bits per heavy atom. The van der Waals surface area contributed by atoms with Gasteiger partial charge in [0.15, 0.2) is 0 Å². The number of hydrogen-bond acceptors (Lipinski definition) is 4. The maximum Gasteiger partial charge on any atom is 0.304 e. The van der Waals surface area contributed by atoms with E-state index in [-0.39, 0.29) is 18.5 Å². The second-order valence-corrected chi connectivity index (χ2v) is 7.34. The third-order valence-electron chi connectivity index (χ3n) is 5.26. The molecule has 0 fully saturated rings. The standard InChI is InChI=1S/C23H29N3O3/c1-29-20-10-7-16(8-11-20)6-9-18(14-24)26-19(13-23(27)28)12-17-15-25-22-5-3-2-4-21(17)22/h2-5,7-8,10-11,15,18-19,25-26H,6,9,12-14,24H2,1H3,(H,27,28)/t18?,19-/m0/s1. The molecule has 6 nitrogen and oxygen atoms in total. The molecule has 6 heteroatoms. The summed E-state index contributed by atoms with van der Waals surface area (Å²) in [4.78, 5) is 14.7. The van der Waals surface area contributed by atoms with Gasteiger partial charge < -0.3 is 25.9 Å². The first kappa shape index (κ1) is 20.9. The highest BCUT2D eigenvalue weighted by Gasteiger charge is 2.19. The van der Waals surface area contributed by atoms with E-state index in [2.05, 4.69) is 16.4 Å². The van der Waals surface area contributed by atoms with Gasteiger partial charge in [0.1, 0.15) is 5.75 Å². The van der Waals surface area contributed by atoms with E-state index in [9.17, 15) is 9.90 Å². The molecule has 0 radical (unpaired) electrons. The molecule has 5 N–H and O–H groups in total. The SMILES string of the molecule is COc1ccc(CCC(CN)N[C@H](CC(=O)O)Cc2c[nH]c3ccccc23)cc1. The molecule has 0 amide bonds. The van der Waals surface area contributed by atoms with Crippen LogP contribution in [-0.4, -0.2) is 41.8 Å². The van der Waals surface area contributed by atoms with E-state index in [1.54, 1.807) is 7.11 Å². The molecule has 3 rings (SSSR count). The molecule has 0 aliphatic carbocycles. The normalized spacial score (nSPS) is 13.3. The van der Waals surface area contributed by atoms with Crippen molar-refractivity contribution >= 4 is 16.9 Å². The van der Waals surface area contributed by atoms with Crippen molar-refractivity contribution in [2.24, 2.45) is 5.73 Å². The van der Waals surface area contributed by atoms with Crippen LogP contribution in [0.4, 0.5) is 0 Å². The summed E-state index contributed by atoms with van der Waals surface area (Å²) >= 11 is 0. The molecular weight excluding hydrogens is 366 g/mol. The van der Waals surface area contributed by atoms with Crippen LogP contribution in [-0.2, 0) is 17.6 Å². The summed E-state index contributed by atoms with van der Waals surface area (Å²) < 4.78 is 5.20. The lowest BCUT2D eigenvalue weighted by molar-refractivity contribution is -0.137. The third-order valence-corrected chi connectivity index (χ3v) is 5.26. The number of benzene rings is 2. The number of carboxylic acid groups (broad SMARTS) is 1. The molecule has 0 spiro atoms. The maximum absolute atomic E-state index is 11.4. The Kier molecular flexibility index (Phi) is 7.27. The molecule has 0 bridgehead atoms. The van der Waals surface area contributed by atoms with Crippen molar-refractivity contribution in [3.63, 3.8) is 0 Å². The summed E-state index contributed by atoms with van der Waals surface area (Å²) in [5.41, 5.74) is 9.37. The van der Waals surface area contributed by atoms with Gasteiger partial charge in [0.05, 0.1) is 13.5 Å². The predicted molar refractivity (Wildman–Crippen MR) is 115 cm³/mol. The molecule has 0 aliphatic rings. The summed E-state index contributed by atoms with van der Waals surface area (Å²) in [6.45, 7) is 0.458. The van der Waals surface area contributed by atoms with Crippen LogP contribution in [0.2, 0.25) is 0 Å². The molecule has 29 heavy (non-hydrogen) atoms. The highest BCUT2D eigenvalue weighted by molar-refractivity contribution is 5.83. The van der Waals surface area contributed by atoms with Crippen LogP contribution in [0.3, 0.4) is 0 Å². The van der Waals surface area contributed by atoms with E-state index in [1.165, 1.54) is 5.56 Å². The average Bonchev–Trinajstić information content (AvgIpc) is 3.13. The number of methoxy groups -OCH3 is 1. The van der Waals surface area contributed by atoms with Crippen LogP contribution in [0.5, 0.6) is 5.75 Å². The van der Waals surface area contributed by atoms with Gasteiger partial charge in [-0.25, -0.2) is 0 Å². The summed E-state index contributed by atoms with van der Waals surface area (Å²) in [6.07, 6.45) is 4.36. The van der Waals surface area contributed by atoms with Gasteiger partial charge in [-0.15, -0.1) is 0 Å². The zero-order chi connectivity index (χ0) is 20.6. The molecule has 154 valence electrons. The molecule has 0 saturated carbocycles. The van der Waals surface area contributed by atoms with Crippen LogP contribution in [0, 0.1) is 0 Å².